The predicted octanol–water partition coefficient (Wildman–Crippen LogP) is 3.40. The van der Waals surface area contributed by atoms with E-state index >= 15 is 0 Å². The summed E-state index contributed by atoms with van der Waals surface area (Å²) < 4.78 is 0.974. The molecule has 0 spiro atoms. The minimum Gasteiger partial charge on any atom is -0.354 e. The number of pyridine rings is 1. The molecule has 0 bridgehead atoms. The van der Waals surface area contributed by atoms with Crippen molar-refractivity contribution < 1.29 is 4.79 Å². The fraction of sp³-hybridized carbons (Fsp3) is 0.333. The summed E-state index contributed by atoms with van der Waals surface area (Å²) in [5, 5.41) is 4.01. The van der Waals surface area contributed by atoms with Crippen LogP contribution >= 0.6 is 15.9 Å². The molecule has 1 fully saturated rings. The molecule has 146 valence electrons. The number of likely N-dealkylation sites (N-methyl/N-ethyl adjacent to an activating group) is 1. The molecule has 0 unspecified atom stereocenters. The van der Waals surface area contributed by atoms with Gasteiger partial charge >= 0.3 is 0 Å². The number of hydrogen-bond donors (Lipinski definition) is 2. The molecule has 1 aromatic carbocycles. The fourth-order valence-corrected chi connectivity index (χ4v) is 4.04. The Bertz CT molecular complexity index is 978. The lowest BCUT2D eigenvalue weighted by Crippen LogP contribution is -2.46. The Kier molecular flexibility index (Phi) is 5.64. The van der Waals surface area contributed by atoms with Gasteiger partial charge in [-0.05, 0) is 42.4 Å². The van der Waals surface area contributed by atoms with Crippen molar-refractivity contribution in [2.75, 3.05) is 37.6 Å². The van der Waals surface area contributed by atoms with E-state index in [2.05, 4.69) is 54.0 Å². The van der Waals surface area contributed by atoms with Gasteiger partial charge in [-0.15, -0.1) is 0 Å². The van der Waals surface area contributed by atoms with Crippen LogP contribution in [0.15, 0.2) is 47.1 Å². The predicted molar refractivity (Wildman–Crippen MR) is 116 cm³/mol. The highest BCUT2D eigenvalue weighted by atomic mass is 79.9. The van der Waals surface area contributed by atoms with E-state index in [1.165, 1.54) is 0 Å². The van der Waals surface area contributed by atoms with Gasteiger partial charge in [0.25, 0.3) is 5.91 Å². The van der Waals surface area contributed by atoms with Crippen LogP contribution in [0.1, 0.15) is 23.0 Å². The number of anilines is 1. The number of carbonyl (C=O) groups is 1. The van der Waals surface area contributed by atoms with Crippen molar-refractivity contribution in [1.82, 2.24) is 20.2 Å². The molecule has 0 aliphatic carbocycles. The lowest BCUT2D eigenvalue weighted by atomic mass is 10.2. The maximum Gasteiger partial charge on any atom is 0.267 e. The number of benzene rings is 1. The second-order valence-corrected chi connectivity index (χ2v) is 7.86. The van der Waals surface area contributed by atoms with E-state index < -0.39 is 0 Å². The lowest BCUT2D eigenvalue weighted by molar-refractivity contribution is 0.0946. The lowest BCUT2D eigenvalue weighted by Gasteiger charge is -2.34. The van der Waals surface area contributed by atoms with Gasteiger partial charge in [0.05, 0.1) is 0 Å². The van der Waals surface area contributed by atoms with Gasteiger partial charge in [0.1, 0.15) is 11.5 Å². The van der Waals surface area contributed by atoms with Crippen LogP contribution in [0.2, 0.25) is 0 Å². The summed E-state index contributed by atoms with van der Waals surface area (Å²) in [6, 6.07) is 11.8. The van der Waals surface area contributed by atoms with Gasteiger partial charge in [-0.25, -0.2) is 4.98 Å². The van der Waals surface area contributed by atoms with Crippen LogP contribution in [-0.2, 0) is 6.54 Å². The number of fused-ring (bicyclic) bond motifs is 1. The molecule has 0 atom stereocenters. The van der Waals surface area contributed by atoms with Gasteiger partial charge in [-0.2, -0.15) is 0 Å². The van der Waals surface area contributed by atoms with Crippen LogP contribution in [0.25, 0.3) is 10.9 Å². The summed E-state index contributed by atoms with van der Waals surface area (Å²) in [4.78, 5) is 25.0. The number of rotatable bonds is 5. The third kappa shape index (κ3) is 4.05. The van der Waals surface area contributed by atoms with Crippen LogP contribution in [-0.4, -0.2) is 53.5 Å². The first-order valence-electron chi connectivity index (χ1n) is 9.61. The largest absolute Gasteiger partial charge is 0.354 e. The zero-order valence-corrected chi connectivity index (χ0v) is 17.5. The average molecular weight is 442 g/mol. The summed E-state index contributed by atoms with van der Waals surface area (Å²) in [6.07, 6.45) is 1.82. The van der Waals surface area contributed by atoms with Crippen molar-refractivity contribution in [2.24, 2.45) is 0 Å². The van der Waals surface area contributed by atoms with Gasteiger partial charge in [0.15, 0.2) is 0 Å². The Balaban J connectivity index is 1.40. The van der Waals surface area contributed by atoms with E-state index in [0.717, 1.165) is 59.5 Å². The number of aromatic nitrogens is 2. The van der Waals surface area contributed by atoms with Gasteiger partial charge in [0.2, 0.25) is 0 Å². The van der Waals surface area contributed by atoms with Gasteiger partial charge < -0.3 is 20.1 Å². The topological polar surface area (TPSA) is 64.3 Å². The van der Waals surface area contributed by atoms with Crippen LogP contribution < -0.4 is 10.2 Å². The van der Waals surface area contributed by atoms with Crippen molar-refractivity contribution in [3.63, 3.8) is 0 Å². The first kappa shape index (κ1) is 19.0. The van der Waals surface area contributed by atoms with E-state index in [9.17, 15) is 4.79 Å². The monoisotopic (exact) mass is 441 g/mol. The Labute approximate surface area is 173 Å². The number of H-pyrrole nitrogens is 1. The molecule has 7 heteroatoms. The van der Waals surface area contributed by atoms with Crippen LogP contribution in [0.4, 0.5) is 5.82 Å². The molecule has 3 heterocycles. The molecule has 3 aromatic rings. The normalized spacial score (nSPS) is 15.1. The molecule has 4 rings (SSSR count). The summed E-state index contributed by atoms with van der Waals surface area (Å²) >= 11 is 3.52. The zero-order valence-electron chi connectivity index (χ0n) is 15.9. The first-order valence-corrected chi connectivity index (χ1v) is 10.4. The number of nitrogens with zero attached hydrogens (tertiary/aromatic N) is 3. The second-order valence-electron chi connectivity index (χ2n) is 7.01. The molecule has 28 heavy (non-hydrogen) atoms. The molecule has 0 radical (unpaired) electrons. The smallest absolute Gasteiger partial charge is 0.267 e. The molecule has 1 aliphatic heterocycles. The van der Waals surface area contributed by atoms with E-state index in [1.807, 2.05) is 36.5 Å². The average Bonchev–Trinajstić information content (AvgIpc) is 3.18. The Morgan fingerprint density at radius 1 is 1.21 bits per heavy atom. The highest BCUT2D eigenvalue weighted by Crippen LogP contribution is 2.24. The zero-order chi connectivity index (χ0) is 19.5. The number of hydrogen-bond acceptors (Lipinski definition) is 4. The number of nitrogens with one attached hydrogen (secondary N) is 2. The highest BCUT2D eigenvalue weighted by molar-refractivity contribution is 9.10. The van der Waals surface area contributed by atoms with Crippen molar-refractivity contribution in [3.8, 4) is 0 Å². The fourth-order valence-electron chi connectivity index (χ4n) is 3.55. The maximum absolute atomic E-state index is 12.6. The first-order chi connectivity index (χ1) is 13.6. The van der Waals surface area contributed by atoms with Crippen LogP contribution in [0, 0.1) is 0 Å². The summed E-state index contributed by atoms with van der Waals surface area (Å²) in [5.74, 6) is 0.870. The highest BCUT2D eigenvalue weighted by Gasteiger charge is 2.17. The van der Waals surface area contributed by atoms with Crippen molar-refractivity contribution >= 4 is 38.6 Å². The van der Waals surface area contributed by atoms with E-state index in [1.54, 1.807) is 0 Å². The third-order valence-corrected chi connectivity index (χ3v) is 5.95. The number of amides is 1. The Morgan fingerprint density at radius 2 is 2.04 bits per heavy atom. The van der Waals surface area contributed by atoms with Crippen molar-refractivity contribution in [2.45, 2.75) is 13.5 Å². The molecule has 0 saturated carbocycles. The van der Waals surface area contributed by atoms with Crippen LogP contribution in [0.5, 0.6) is 0 Å². The van der Waals surface area contributed by atoms with Gasteiger partial charge in [0, 0.05) is 54.3 Å². The quantitative estimate of drug-likeness (QED) is 0.636. The summed E-state index contributed by atoms with van der Waals surface area (Å²) in [6.45, 7) is 7.87. The summed E-state index contributed by atoms with van der Waals surface area (Å²) in [5.41, 5.74) is 2.55. The molecule has 2 aromatic heterocycles. The standard InChI is InChI=1S/C21H24BrN5O/c1-2-26-8-10-27(11-9-26)20-12-15(6-7-23-20)14-24-21(28)19-13-16-17(22)4-3-5-18(16)25-19/h3-7,12-13,25H,2,8-11,14H2,1H3,(H,24,28). The second kappa shape index (κ2) is 8.32. The Hall–Kier alpha value is -2.38. The minimum absolute atomic E-state index is 0.113. The summed E-state index contributed by atoms with van der Waals surface area (Å²) in [7, 11) is 0. The Morgan fingerprint density at radius 3 is 2.79 bits per heavy atom. The number of piperazine rings is 1. The molecule has 2 N–H and O–H groups in total. The molecule has 1 aliphatic rings. The van der Waals surface area contributed by atoms with Crippen molar-refractivity contribution in [1.29, 1.82) is 0 Å². The van der Waals surface area contributed by atoms with Crippen LogP contribution in [0.3, 0.4) is 0 Å². The van der Waals surface area contributed by atoms with Crippen molar-refractivity contribution in [3.05, 3.63) is 58.3 Å². The maximum atomic E-state index is 12.6. The van der Waals surface area contributed by atoms with Gasteiger partial charge in [-0.3, -0.25) is 4.79 Å². The number of aromatic amines is 1. The van der Waals surface area contributed by atoms with E-state index in [-0.39, 0.29) is 5.91 Å². The minimum atomic E-state index is -0.113. The van der Waals surface area contributed by atoms with E-state index in [0.29, 0.717) is 12.2 Å². The number of halogens is 1. The molecule has 1 saturated heterocycles. The third-order valence-electron chi connectivity index (χ3n) is 5.26. The molecular formula is C21H24BrN5O. The molecular weight excluding hydrogens is 418 g/mol. The molecule has 1 amide bonds. The SMILES string of the molecule is CCN1CCN(c2cc(CNC(=O)c3cc4c(Br)cccc4[nH]3)ccn2)CC1. The number of carbonyl (C=O) groups excluding carboxylic acids is 1. The van der Waals surface area contributed by atoms with Gasteiger partial charge in [-0.1, -0.05) is 28.9 Å². The van der Waals surface area contributed by atoms with E-state index in [4.69, 9.17) is 0 Å². The molecule has 6 nitrogen and oxygen atoms in total.